The highest BCUT2D eigenvalue weighted by Gasteiger charge is 2.14. The predicted octanol–water partition coefficient (Wildman–Crippen LogP) is 3.55. The summed E-state index contributed by atoms with van der Waals surface area (Å²) in [5.41, 5.74) is 4.82. The van der Waals surface area contributed by atoms with Crippen LogP contribution in [0, 0.1) is 5.82 Å². The molecule has 0 unspecified atom stereocenters. The molecule has 0 aliphatic heterocycles. The van der Waals surface area contributed by atoms with Crippen molar-refractivity contribution < 1.29 is 13.2 Å². The number of benzene rings is 1. The molecule has 84 valence electrons. The molecule has 2 rings (SSSR count). The Bertz CT molecular complexity index is 557. The second-order valence-electron chi connectivity index (χ2n) is 3.22. The van der Waals surface area contributed by atoms with Crippen molar-refractivity contribution in [2.24, 2.45) is 0 Å². The van der Waals surface area contributed by atoms with Gasteiger partial charge in [0, 0.05) is 16.1 Å². The van der Waals surface area contributed by atoms with Crippen molar-refractivity contribution in [2.45, 2.75) is 6.43 Å². The molecule has 1 heterocycles. The smallest absolute Gasteiger partial charge is 0.280 e. The van der Waals surface area contributed by atoms with Crippen molar-refractivity contribution in [3.05, 3.63) is 34.7 Å². The van der Waals surface area contributed by atoms with Crippen LogP contribution in [0.25, 0.3) is 10.9 Å². The summed E-state index contributed by atoms with van der Waals surface area (Å²) in [7, 11) is 0. The van der Waals surface area contributed by atoms with Gasteiger partial charge in [0.05, 0.1) is 0 Å². The molecule has 0 bridgehead atoms. The van der Waals surface area contributed by atoms with E-state index in [1.54, 1.807) is 0 Å². The average molecular weight is 247 g/mol. The molecule has 0 spiro atoms. The van der Waals surface area contributed by atoms with Gasteiger partial charge in [-0.1, -0.05) is 11.6 Å². The fourth-order valence-electron chi connectivity index (χ4n) is 1.41. The Hall–Kier alpha value is -1.49. The van der Waals surface area contributed by atoms with Crippen LogP contribution in [0.3, 0.4) is 0 Å². The Kier molecular flexibility index (Phi) is 2.63. The first-order valence-electron chi connectivity index (χ1n) is 4.32. The molecule has 0 saturated carbocycles. The maximum absolute atomic E-state index is 13.4. The van der Waals surface area contributed by atoms with Crippen LogP contribution in [0.15, 0.2) is 18.2 Å². The lowest BCUT2D eigenvalue weighted by Gasteiger charge is -2.06. The highest BCUT2D eigenvalue weighted by molar-refractivity contribution is 6.31. The van der Waals surface area contributed by atoms with Gasteiger partial charge >= 0.3 is 0 Å². The summed E-state index contributed by atoms with van der Waals surface area (Å²) in [5, 5.41) is 0.373. The van der Waals surface area contributed by atoms with E-state index in [1.165, 1.54) is 6.07 Å². The lowest BCUT2D eigenvalue weighted by Crippen LogP contribution is -1.98. The Morgan fingerprint density at radius 3 is 2.56 bits per heavy atom. The van der Waals surface area contributed by atoms with Crippen molar-refractivity contribution in [1.82, 2.24) is 4.98 Å². The van der Waals surface area contributed by atoms with Crippen molar-refractivity contribution in [3.63, 3.8) is 0 Å². The Morgan fingerprint density at radius 2 is 1.94 bits per heavy atom. The molecule has 0 amide bonds. The normalized spacial score (nSPS) is 11.3. The molecule has 0 saturated heterocycles. The van der Waals surface area contributed by atoms with E-state index in [0.29, 0.717) is 0 Å². The molecule has 6 heteroatoms. The van der Waals surface area contributed by atoms with Crippen LogP contribution in [0.5, 0.6) is 0 Å². The molecule has 2 aromatic rings. The summed E-state index contributed by atoms with van der Waals surface area (Å²) >= 11 is 5.63. The topological polar surface area (TPSA) is 38.9 Å². The second-order valence-corrected chi connectivity index (χ2v) is 3.66. The van der Waals surface area contributed by atoms with Gasteiger partial charge in [-0.3, -0.25) is 0 Å². The van der Waals surface area contributed by atoms with Crippen LogP contribution in [0.1, 0.15) is 12.1 Å². The molecule has 1 aromatic heterocycles. The summed E-state index contributed by atoms with van der Waals surface area (Å²) in [5.74, 6) is -0.767. The highest BCUT2D eigenvalue weighted by Crippen LogP contribution is 2.29. The van der Waals surface area contributed by atoms with Crippen LogP contribution in [0.4, 0.5) is 18.9 Å². The number of alkyl halides is 2. The number of halogens is 4. The molecular weight excluding hydrogens is 241 g/mol. The SMILES string of the molecule is Nc1cc(C(F)F)nc2c(F)cc(Cl)cc12. The number of nitrogens with two attached hydrogens (primary N) is 1. The monoisotopic (exact) mass is 246 g/mol. The van der Waals surface area contributed by atoms with E-state index in [-0.39, 0.29) is 21.6 Å². The number of nitrogen functional groups attached to an aromatic ring is 1. The van der Waals surface area contributed by atoms with Gasteiger partial charge in [0.1, 0.15) is 11.2 Å². The molecule has 2 nitrogen and oxygen atoms in total. The number of aromatic nitrogens is 1. The quantitative estimate of drug-likeness (QED) is 0.836. The maximum Gasteiger partial charge on any atom is 0.280 e. The van der Waals surface area contributed by atoms with E-state index in [9.17, 15) is 13.2 Å². The van der Waals surface area contributed by atoms with E-state index in [1.807, 2.05) is 0 Å². The van der Waals surface area contributed by atoms with Gasteiger partial charge in [-0.15, -0.1) is 0 Å². The van der Waals surface area contributed by atoms with Crippen LogP contribution in [0.2, 0.25) is 5.02 Å². The number of rotatable bonds is 1. The molecular formula is C10H6ClF3N2. The Morgan fingerprint density at radius 1 is 1.25 bits per heavy atom. The summed E-state index contributed by atoms with van der Waals surface area (Å²) in [4.78, 5) is 3.51. The van der Waals surface area contributed by atoms with Gasteiger partial charge in [-0.05, 0) is 18.2 Å². The minimum absolute atomic E-state index is 0.0294. The van der Waals surface area contributed by atoms with Crippen LogP contribution in [-0.4, -0.2) is 4.98 Å². The predicted molar refractivity (Wildman–Crippen MR) is 56.1 cm³/mol. The van der Waals surface area contributed by atoms with Gasteiger partial charge in [-0.2, -0.15) is 0 Å². The highest BCUT2D eigenvalue weighted by atomic mass is 35.5. The number of anilines is 1. The molecule has 0 radical (unpaired) electrons. The molecule has 0 atom stereocenters. The van der Waals surface area contributed by atoms with E-state index in [2.05, 4.69) is 4.98 Å². The molecule has 16 heavy (non-hydrogen) atoms. The first-order valence-corrected chi connectivity index (χ1v) is 4.70. The molecule has 0 aliphatic rings. The van der Waals surface area contributed by atoms with Crippen LogP contribution in [-0.2, 0) is 0 Å². The summed E-state index contributed by atoms with van der Waals surface area (Å²) in [6.45, 7) is 0. The van der Waals surface area contributed by atoms with Gasteiger partial charge in [-0.25, -0.2) is 18.2 Å². The third-order valence-corrected chi connectivity index (χ3v) is 2.33. The first kappa shape index (κ1) is 11.0. The van der Waals surface area contributed by atoms with Crippen molar-refractivity contribution in [1.29, 1.82) is 0 Å². The molecule has 2 N–H and O–H groups in total. The number of fused-ring (bicyclic) bond motifs is 1. The van der Waals surface area contributed by atoms with E-state index in [0.717, 1.165) is 12.1 Å². The molecule has 0 fully saturated rings. The molecule has 0 aliphatic carbocycles. The van der Waals surface area contributed by atoms with E-state index in [4.69, 9.17) is 17.3 Å². The summed E-state index contributed by atoms with van der Waals surface area (Å²) in [6.07, 6.45) is -2.79. The van der Waals surface area contributed by atoms with Crippen LogP contribution >= 0.6 is 11.6 Å². The first-order chi connectivity index (χ1) is 7.49. The van der Waals surface area contributed by atoms with Crippen LogP contribution < -0.4 is 5.73 Å². The third kappa shape index (κ3) is 1.78. The fourth-order valence-corrected chi connectivity index (χ4v) is 1.61. The lowest BCUT2D eigenvalue weighted by atomic mass is 10.1. The zero-order valence-electron chi connectivity index (χ0n) is 7.85. The van der Waals surface area contributed by atoms with Crippen molar-refractivity contribution in [2.75, 3.05) is 5.73 Å². The van der Waals surface area contributed by atoms with Gasteiger partial charge in [0.25, 0.3) is 6.43 Å². The summed E-state index contributed by atoms with van der Waals surface area (Å²) < 4.78 is 38.3. The average Bonchev–Trinajstić information content (AvgIpc) is 2.19. The standard InChI is InChI=1S/C10H6ClF3N2/c11-4-1-5-7(15)3-8(10(13)14)16-9(5)6(12)2-4/h1-3,10H,(H2,15,16). The van der Waals surface area contributed by atoms with Crippen molar-refractivity contribution in [3.8, 4) is 0 Å². The largest absolute Gasteiger partial charge is 0.398 e. The Balaban J connectivity index is 2.82. The second kappa shape index (κ2) is 3.83. The molecule has 1 aromatic carbocycles. The minimum Gasteiger partial charge on any atom is -0.398 e. The van der Waals surface area contributed by atoms with Gasteiger partial charge in [0.15, 0.2) is 5.82 Å². The lowest BCUT2D eigenvalue weighted by molar-refractivity contribution is 0.146. The van der Waals surface area contributed by atoms with E-state index >= 15 is 0 Å². The Labute approximate surface area is 93.8 Å². The van der Waals surface area contributed by atoms with Crippen molar-refractivity contribution >= 4 is 28.2 Å². The summed E-state index contributed by atoms with van der Waals surface area (Å²) in [6, 6.07) is 3.41. The zero-order chi connectivity index (χ0) is 11.9. The van der Waals surface area contributed by atoms with E-state index < -0.39 is 17.9 Å². The number of hydrogen-bond acceptors (Lipinski definition) is 2. The maximum atomic E-state index is 13.4. The third-order valence-electron chi connectivity index (χ3n) is 2.11. The number of pyridine rings is 1. The fraction of sp³-hybridized carbons (Fsp3) is 0.100. The zero-order valence-corrected chi connectivity index (χ0v) is 8.60. The minimum atomic E-state index is -2.79. The van der Waals surface area contributed by atoms with Gasteiger partial charge in [0.2, 0.25) is 0 Å². The number of nitrogens with zero attached hydrogens (tertiary/aromatic N) is 1. The number of hydrogen-bond donors (Lipinski definition) is 1. The van der Waals surface area contributed by atoms with Gasteiger partial charge < -0.3 is 5.73 Å².